The van der Waals surface area contributed by atoms with Gasteiger partial charge in [0.2, 0.25) is 0 Å². The molecular weight excluding hydrogens is 393 g/mol. The highest BCUT2D eigenvalue weighted by Crippen LogP contribution is 2.40. The number of nitrogens with zero attached hydrogens (tertiary/aromatic N) is 4. The second kappa shape index (κ2) is 6.84. The van der Waals surface area contributed by atoms with Crippen LogP contribution in [0.3, 0.4) is 0 Å². The van der Waals surface area contributed by atoms with Crippen molar-refractivity contribution in [3.05, 3.63) is 57.6 Å². The maximum absolute atomic E-state index is 14.8. The summed E-state index contributed by atoms with van der Waals surface area (Å²) in [5.41, 5.74) is 3.81. The number of anilines is 2. The number of hydrogen-bond donors (Lipinski definition) is 1. The molecule has 2 aliphatic rings. The van der Waals surface area contributed by atoms with Gasteiger partial charge in [-0.1, -0.05) is 29.3 Å². The molecule has 1 N–H and O–H groups in total. The van der Waals surface area contributed by atoms with Crippen molar-refractivity contribution in [1.29, 1.82) is 0 Å². The summed E-state index contributed by atoms with van der Waals surface area (Å²) >= 11 is 6.13. The van der Waals surface area contributed by atoms with Crippen LogP contribution in [0.5, 0.6) is 11.8 Å². The molecule has 0 aliphatic heterocycles. The molecule has 1 saturated carbocycles. The van der Waals surface area contributed by atoms with E-state index in [0.29, 0.717) is 23.1 Å². The average molecular weight is 412 g/mol. The summed E-state index contributed by atoms with van der Waals surface area (Å²) in [6, 6.07) is 7.00. The van der Waals surface area contributed by atoms with Crippen molar-refractivity contribution in [2.24, 2.45) is 7.05 Å². The zero-order chi connectivity index (χ0) is 20.1. The van der Waals surface area contributed by atoms with Gasteiger partial charge in [0.1, 0.15) is 11.0 Å². The molecule has 1 fully saturated rings. The third kappa shape index (κ3) is 3.58. The van der Waals surface area contributed by atoms with E-state index in [0.717, 1.165) is 17.6 Å². The Kier molecular flexibility index (Phi) is 4.28. The van der Waals surface area contributed by atoms with E-state index in [9.17, 15) is 4.39 Å². The van der Waals surface area contributed by atoms with Crippen LogP contribution in [0.1, 0.15) is 42.5 Å². The van der Waals surface area contributed by atoms with E-state index in [1.165, 1.54) is 18.5 Å². The Hall–Kier alpha value is -2.93. The molecule has 0 saturated heterocycles. The fraction of sp³-hybridized carbons (Fsp3) is 0.286. The minimum atomic E-state index is -0.420. The summed E-state index contributed by atoms with van der Waals surface area (Å²) in [4.78, 5) is 8.38. The Morgan fingerprint density at radius 3 is 2.83 bits per heavy atom. The summed E-state index contributed by atoms with van der Waals surface area (Å²) in [5, 5.41) is 7.78. The van der Waals surface area contributed by atoms with Crippen LogP contribution in [0.4, 0.5) is 16.0 Å². The molecule has 0 unspecified atom stereocenters. The molecular formula is C21H19ClFN5O. The molecule has 1 aromatic carbocycles. The van der Waals surface area contributed by atoms with Gasteiger partial charge in [-0.15, -0.1) is 0 Å². The molecule has 8 heteroatoms. The van der Waals surface area contributed by atoms with Gasteiger partial charge in [0, 0.05) is 36.4 Å². The number of ether oxygens (including phenoxy) is 1. The molecule has 0 spiro atoms. The largest absolute Gasteiger partial charge is 0.421 e. The minimum absolute atomic E-state index is 0.0316. The Labute approximate surface area is 172 Å². The van der Waals surface area contributed by atoms with Gasteiger partial charge in [0.05, 0.1) is 0 Å². The number of aromatic nitrogens is 4. The van der Waals surface area contributed by atoms with Crippen LogP contribution in [0.2, 0.25) is 5.15 Å². The van der Waals surface area contributed by atoms with Crippen molar-refractivity contribution in [1.82, 2.24) is 19.7 Å². The number of nitrogens with one attached hydrogen (secondary N) is 1. The van der Waals surface area contributed by atoms with Gasteiger partial charge in [0.15, 0.2) is 17.4 Å². The van der Waals surface area contributed by atoms with Crippen molar-refractivity contribution >= 4 is 29.3 Å². The van der Waals surface area contributed by atoms with Crippen molar-refractivity contribution in [2.75, 3.05) is 5.32 Å². The smallest absolute Gasteiger partial charge is 0.325 e. The fourth-order valence-corrected chi connectivity index (χ4v) is 3.82. The minimum Gasteiger partial charge on any atom is -0.421 e. The maximum Gasteiger partial charge on any atom is 0.325 e. The standard InChI is InChI=1S/C21H19ClFN5O/c1-11-7-13-5-6-16(20(23)14(13)8-11)29-21-24-17(22)10-18(26-21)25-19-9-15(12-3-4-12)28(2)27-19/h5-6,8-10,12H,3-4,7H2,1-2H3,(H,24,25,26,27). The van der Waals surface area contributed by atoms with Crippen LogP contribution in [0, 0.1) is 5.82 Å². The second-order valence-corrected chi connectivity index (χ2v) is 7.94. The summed E-state index contributed by atoms with van der Waals surface area (Å²) < 4.78 is 22.3. The van der Waals surface area contributed by atoms with E-state index < -0.39 is 5.82 Å². The number of aryl methyl sites for hydroxylation is 1. The molecule has 2 heterocycles. The third-order valence-electron chi connectivity index (χ3n) is 5.14. The predicted octanol–water partition coefficient (Wildman–Crippen LogP) is 5.38. The lowest BCUT2D eigenvalue weighted by atomic mass is 10.1. The van der Waals surface area contributed by atoms with Gasteiger partial charge in [-0.2, -0.15) is 15.1 Å². The second-order valence-electron chi connectivity index (χ2n) is 7.56. The number of halogens is 2. The maximum atomic E-state index is 14.8. The molecule has 2 aromatic heterocycles. The van der Waals surface area contributed by atoms with E-state index in [1.807, 2.05) is 36.9 Å². The molecule has 29 heavy (non-hydrogen) atoms. The van der Waals surface area contributed by atoms with Crippen molar-refractivity contribution in [3.8, 4) is 11.8 Å². The van der Waals surface area contributed by atoms with Gasteiger partial charge in [-0.25, -0.2) is 4.39 Å². The molecule has 6 nitrogen and oxygen atoms in total. The SMILES string of the molecule is CC1=Cc2c(ccc(Oc3nc(Cl)cc(Nc4cc(C5CC5)n(C)n4)n3)c2F)C1. The van der Waals surface area contributed by atoms with Crippen molar-refractivity contribution in [3.63, 3.8) is 0 Å². The first-order valence-corrected chi connectivity index (χ1v) is 9.86. The molecule has 0 atom stereocenters. The first kappa shape index (κ1) is 18.1. The molecule has 5 rings (SSSR count). The lowest BCUT2D eigenvalue weighted by Crippen LogP contribution is -2.01. The van der Waals surface area contributed by atoms with E-state index in [2.05, 4.69) is 20.4 Å². The van der Waals surface area contributed by atoms with Gasteiger partial charge >= 0.3 is 6.01 Å². The van der Waals surface area contributed by atoms with Gasteiger partial charge in [-0.3, -0.25) is 4.68 Å². The van der Waals surface area contributed by atoms with E-state index in [-0.39, 0.29) is 16.9 Å². The summed E-state index contributed by atoms with van der Waals surface area (Å²) in [7, 11) is 1.92. The van der Waals surface area contributed by atoms with Gasteiger partial charge in [0.25, 0.3) is 0 Å². The monoisotopic (exact) mass is 411 g/mol. The summed E-state index contributed by atoms with van der Waals surface area (Å²) in [6.07, 6.45) is 4.97. The molecule has 0 bridgehead atoms. The molecule has 148 valence electrons. The van der Waals surface area contributed by atoms with Crippen LogP contribution < -0.4 is 10.1 Å². The highest BCUT2D eigenvalue weighted by atomic mass is 35.5. The molecule has 0 amide bonds. The Bertz CT molecular complexity index is 1150. The normalized spacial score (nSPS) is 15.2. The van der Waals surface area contributed by atoms with E-state index >= 15 is 0 Å². The van der Waals surface area contributed by atoms with Crippen LogP contribution >= 0.6 is 11.6 Å². The first-order chi connectivity index (χ1) is 14.0. The highest BCUT2D eigenvalue weighted by molar-refractivity contribution is 6.29. The average Bonchev–Trinajstić information content (AvgIpc) is 3.33. The van der Waals surface area contributed by atoms with Crippen LogP contribution in [-0.4, -0.2) is 19.7 Å². The number of rotatable bonds is 5. The van der Waals surface area contributed by atoms with Gasteiger partial charge < -0.3 is 10.1 Å². The predicted molar refractivity (Wildman–Crippen MR) is 109 cm³/mol. The number of hydrogen-bond acceptors (Lipinski definition) is 5. The van der Waals surface area contributed by atoms with Crippen LogP contribution in [0.15, 0.2) is 29.8 Å². The van der Waals surface area contributed by atoms with Crippen molar-refractivity contribution < 1.29 is 9.13 Å². The number of benzene rings is 1. The summed E-state index contributed by atoms with van der Waals surface area (Å²) in [5.74, 6) is 1.32. The number of fused-ring (bicyclic) bond motifs is 1. The zero-order valence-corrected chi connectivity index (χ0v) is 16.8. The first-order valence-electron chi connectivity index (χ1n) is 9.48. The highest BCUT2D eigenvalue weighted by Gasteiger charge is 2.27. The van der Waals surface area contributed by atoms with Crippen LogP contribution in [0.25, 0.3) is 6.08 Å². The van der Waals surface area contributed by atoms with Crippen LogP contribution in [-0.2, 0) is 13.5 Å². The quantitative estimate of drug-likeness (QED) is 0.571. The van der Waals surface area contributed by atoms with E-state index in [1.54, 1.807) is 12.1 Å². The fourth-order valence-electron chi connectivity index (χ4n) is 3.64. The molecule has 3 aromatic rings. The Morgan fingerprint density at radius 1 is 1.21 bits per heavy atom. The molecule has 0 radical (unpaired) electrons. The Morgan fingerprint density at radius 2 is 2.03 bits per heavy atom. The number of allylic oxidation sites excluding steroid dienone is 1. The summed E-state index contributed by atoms with van der Waals surface area (Å²) in [6.45, 7) is 1.98. The lowest BCUT2D eigenvalue weighted by Gasteiger charge is -2.10. The lowest BCUT2D eigenvalue weighted by molar-refractivity contribution is 0.411. The topological polar surface area (TPSA) is 64.9 Å². The van der Waals surface area contributed by atoms with E-state index in [4.69, 9.17) is 16.3 Å². The van der Waals surface area contributed by atoms with Crippen molar-refractivity contribution in [2.45, 2.75) is 32.1 Å². The Balaban J connectivity index is 1.40. The third-order valence-corrected chi connectivity index (χ3v) is 5.33. The molecule has 2 aliphatic carbocycles. The zero-order valence-electron chi connectivity index (χ0n) is 16.0. The van der Waals surface area contributed by atoms with Gasteiger partial charge in [-0.05, 0) is 37.8 Å².